The molecule has 2 heterocycles. The Labute approximate surface area is 127 Å². The number of fused-ring (bicyclic) bond motifs is 1. The summed E-state index contributed by atoms with van der Waals surface area (Å²) in [6.45, 7) is 0.545. The Morgan fingerprint density at radius 1 is 1.20 bits per heavy atom. The number of aryl methyl sites for hydroxylation is 1. The molecule has 3 rings (SSSR count). The lowest BCUT2D eigenvalue weighted by Gasteiger charge is -2.11. The zero-order chi connectivity index (χ0) is 14.3. The van der Waals surface area contributed by atoms with E-state index in [0.29, 0.717) is 6.54 Å². The summed E-state index contributed by atoms with van der Waals surface area (Å²) in [6, 6.07) is 6.17. The quantitative estimate of drug-likeness (QED) is 0.801. The van der Waals surface area contributed by atoms with Crippen molar-refractivity contribution in [1.29, 1.82) is 0 Å². The number of halogens is 3. The van der Waals surface area contributed by atoms with Gasteiger partial charge in [0.05, 0.1) is 11.4 Å². The summed E-state index contributed by atoms with van der Waals surface area (Å²) in [5.41, 5.74) is 0.327. The number of anilines is 2. The minimum Gasteiger partial charge on any atom is -0.351 e. The Bertz CT molecular complexity index is 743. The van der Waals surface area contributed by atoms with Crippen LogP contribution in [-0.2, 0) is 13.0 Å². The van der Waals surface area contributed by atoms with E-state index in [1.165, 1.54) is 16.7 Å². The van der Waals surface area contributed by atoms with Crippen LogP contribution in [0.15, 0.2) is 29.1 Å². The topological polar surface area (TPSA) is 34.0 Å². The van der Waals surface area contributed by atoms with Gasteiger partial charge >= 0.3 is 0 Å². The van der Waals surface area contributed by atoms with E-state index in [0.717, 1.165) is 22.1 Å². The smallest absolute Gasteiger partial charge is 0.288 e. The molecule has 1 N–H and O–H groups in total. The van der Waals surface area contributed by atoms with Gasteiger partial charge in [-0.3, -0.25) is 4.79 Å². The van der Waals surface area contributed by atoms with E-state index < -0.39 is 17.2 Å². The first-order valence-corrected chi connectivity index (χ1v) is 7.28. The van der Waals surface area contributed by atoms with Crippen molar-refractivity contribution in [2.45, 2.75) is 19.4 Å². The average molecular weight is 388 g/mol. The van der Waals surface area contributed by atoms with E-state index in [4.69, 9.17) is 0 Å². The summed E-state index contributed by atoms with van der Waals surface area (Å²) in [7, 11) is 0. The highest BCUT2D eigenvalue weighted by Gasteiger charge is 2.19. The monoisotopic (exact) mass is 388 g/mol. The van der Waals surface area contributed by atoms with E-state index in [1.54, 1.807) is 12.1 Å². The second kappa shape index (κ2) is 5.16. The first kappa shape index (κ1) is 13.5. The molecule has 1 aromatic carbocycles. The van der Waals surface area contributed by atoms with Crippen molar-refractivity contribution in [3.63, 3.8) is 0 Å². The maximum atomic E-state index is 14.0. The zero-order valence-corrected chi connectivity index (χ0v) is 12.6. The molecule has 1 aliphatic rings. The molecule has 0 aliphatic carbocycles. The number of rotatable bonds is 2. The lowest BCUT2D eigenvalue weighted by atomic mass is 10.2. The van der Waals surface area contributed by atoms with Gasteiger partial charge in [-0.05, 0) is 59.7 Å². The molecule has 0 fully saturated rings. The van der Waals surface area contributed by atoms with Gasteiger partial charge in [-0.25, -0.2) is 4.39 Å². The SMILES string of the molecule is O=c1c(F)c(Nc2ccc(I)cc2F)cc2n1CCC2. The third-order valence-electron chi connectivity index (χ3n) is 3.34. The summed E-state index contributed by atoms with van der Waals surface area (Å²) >= 11 is 1.99. The maximum absolute atomic E-state index is 14.0. The number of hydrogen-bond donors (Lipinski definition) is 1. The van der Waals surface area contributed by atoms with Crippen molar-refractivity contribution in [3.05, 3.63) is 55.5 Å². The summed E-state index contributed by atoms with van der Waals surface area (Å²) in [6.07, 6.45) is 1.56. The Balaban J connectivity index is 2.03. The molecule has 0 bridgehead atoms. The molecule has 0 amide bonds. The summed E-state index contributed by atoms with van der Waals surface area (Å²) in [5, 5.41) is 2.67. The molecule has 0 radical (unpaired) electrons. The van der Waals surface area contributed by atoms with Crippen molar-refractivity contribution < 1.29 is 8.78 Å². The Kier molecular flexibility index (Phi) is 3.49. The van der Waals surface area contributed by atoms with E-state index in [2.05, 4.69) is 5.32 Å². The largest absolute Gasteiger partial charge is 0.351 e. The molecule has 6 heteroatoms. The van der Waals surface area contributed by atoms with E-state index >= 15 is 0 Å². The molecule has 3 nitrogen and oxygen atoms in total. The number of pyridine rings is 1. The van der Waals surface area contributed by atoms with E-state index in [9.17, 15) is 13.6 Å². The third kappa shape index (κ3) is 2.32. The van der Waals surface area contributed by atoms with Crippen molar-refractivity contribution in [2.24, 2.45) is 0 Å². The van der Waals surface area contributed by atoms with Gasteiger partial charge < -0.3 is 9.88 Å². The molecule has 20 heavy (non-hydrogen) atoms. The van der Waals surface area contributed by atoms with Crippen LogP contribution >= 0.6 is 22.6 Å². The van der Waals surface area contributed by atoms with Gasteiger partial charge in [-0.2, -0.15) is 4.39 Å². The van der Waals surface area contributed by atoms with Gasteiger partial charge in [-0.1, -0.05) is 0 Å². The number of hydrogen-bond acceptors (Lipinski definition) is 2. The predicted molar refractivity (Wildman–Crippen MR) is 81.4 cm³/mol. The van der Waals surface area contributed by atoms with E-state index in [-0.39, 0.29) is 11.4 Å². The van der Waals surface area contributed by atoms with Crippen LogP contribution in [0.2, 0.25) is 0 Å². The fourth-order valence-electron chi connectivity index (χ4n) is 2.37. The Morgan fingerprint density at radius 2 is 2.00 bits per heavy atom. The number of aromatic nitrogens is 1. The third-order valence-corrected chi connectivity index (χ3v) is 4.01. The molecule has 0 unspecified atom stereocenters. The highest BCUT2D eigenvalue weighted by molar-refractivity contribution is 14.1. The molecule has 2 aromatic rings. The van der Waals surface area contributed by atoms with Crippen LogP contribution in [0.25, 0.3) is 0 Å². The molecular weight excluding hydrogens is 377 g/mol. The molecule has 104 valence electrons. The molecule has 0 saturated carbocycles. The van der Waals surface area contributed by atoms with Gasteiger partial charge in [0.15, 0.2) is 0 Å². The first-order chi connectivity index (χ1) is 9.56. The van der Waals surface area contributed by atoms with Crippen LogP contribution in [-0.4, -0.2) is 4.57 Å². The Hall–Kier alpha value is -1.44. The Morgan fingerprint density at radius 3 is 2.75 bits per heavy atom. The number of benzene rings is 1. The summed E-state index contributed by atoms with van der Waals surface area (Å²) in [5.74, 6) is -1.34. The predicted octanol–water partition coefficient (Wildman–Crippen LogP) is 3.42. The van der Waals surface area contributed by atoms with Crippen LogP contribution in [0.4, 0.5) is 20.2 Å². The number of nitrogens with zero attached hydrogens (tertiary/aromatic N) is 1. The second-order valence-corrected chi connectivity index (χ2v) is 5.92. The van der Waals surface area contributed by atoms with E-state index in [1.807, 2.05) is 22.6 Å². The van der Waals surface area contributed by atoms with Gasteiger partial charge in [0, 0.05) is 15.8 Å². The lowest BCUT2D eigenvalue weighted by Crippen LogP contribution is -2.23. The molecule has 0 atom stereocenters. The minimum atomic E-state index is -0.867. The van der Waals surface area contributed by atoms with Crippen LogP contribution in [0.5, 0.6) is 0 Å². The van der Waals surface area contributed by atoms with Crippen molar-refractivity contribution in [1.82, 2.24) is 4.57 Å². The normalized spacial score (nSPS) is 13.3. The van der Waals surface area contributed by atoms with Gasteiger partial charge in [-0.15, -0.1) is 0 Å². The average Bonchev–Trinajstić information content (AvgIpc) is 2.87. The second-order valence-electron chi connectivity index (χ2n) is 4.67. The fraction of sp³-hybridized carbons (Fsp3) is 0.214. The maximum Gasteiger partial charge on any atom is 0.288 e. The first-order valence-electron chi connectivity index (χ1n) is 6.20. The van der Waals surface area contributed by atoms with Crippen LogP contribution in [0.3, 0.4) is 0 Å². The molecular formula is C14H11F2IN2O. The van der Waals surface area contributed by atoms with Crippen molar-refractivity contribution in [3.8, 4) is 0 Å². The number of nitrogens with one attached hydrogen (secondary N) is 1. The minimum absolute atomic E-state index is 0.0308. The standard InChI is InChI=1S/C14H11F2IN2O/c15-10-6-8(17)3-4-11(10)18-12-7-9-2-1-5-19(9)14(20)13(12)16/h3-4,6-7,18H,1-2,5H2. The van der Waals surface area contributed by atoms with Crippen molar-refractivity contribution >= 4 is 34.0 Å². The molecule has 1 aliphatic heterocycles. The molecule has 1 aromatic heterocycles. The lowest BCUT2D eigenvalue weighted by molar-refractivity contribution is 0.581. The van der Waals surface area contributed by atoms with Gasteiger partial charge in [0.25, 0.3) is 5.56 Å². The summed E-state index contributed by atoms with van der Waals surface area (Å²) < 4.78 is 30.0. The highest BCUT2D eigenvalue weighted by atomic mass is 127. The highest BCUT2D eigenvalue weighted by Crippen LogP contribution is 2.25. The molecule has 0 spiro atoms. The molecule has 0 saturated heterocycles. The van der Waals surface area contributed by atoms with Gasteiger partial charge in [0.2, 0.25) is 5.82 Å². The van der Waals surface area contributed by atoms with Crippen molar-refractivity contribution in [2.75, 3.05) is 5.32 Å². The van der Waals surface area contributed by atoms with Crippen LogP contribution < -0.4 is 10.9 Å². The summed E-state index contributed by atoms with van der Waals surface area (Å²) in [4.78, 5) is 11.9. The van der Waals surface area contributed by atoms with Gasteiger partial charge in [0.1, 0.15) is 5.82 Å². The van der Waals surface area contributed by atoms with Crippen LogP contribution in [0, 0.1) is 15.2 Å². The zero-order valence-electron chi connectivity index (χ0n) is 10.4. The van der Waals surface area contributed by atoms with Crippen LogP contribution in [0.1, 0.15) is 12.1 Å². The fourth-order valence-corrected chi connectivity index (χ4v) is 2.82.